The second-order valence-corrected chi connectivity index (χ2v) is 5.81. The van der Waals surface area contributed by atoms with Gasteiger partial charge in [0, 0.05) is 32.3 Å². The Kier molecular flexibility index (Phi) is 5.80. The third-order valence-corrected chi connectivity index (χ3v) is 4.04. The molecule has 1 atom stereocenters. The van der Waals surface area contributed by atoms with Gasteiger partial charge in [0.1, 0.15) is 6.04 Å². The number of amides is 3. The Morgan fingerprint density at radius 2 is 2.23 bits per heavy atom. The molecule has 9 nitrogen and oxygen atoms in total. The molecule has 0 aliphatic carbocycles. The molecule has 1 unspecified atom stereocenters. The molecule has 1 saturated heterocycles. The van der Waals surface area contributed by atoms with Crippen LogP contribution in [0.5, 0.6) is 0 Å². The Morgan fingerprint density at radius 1 is 1.42 bits per heavy atom. The van der Waals surface area contributed by atoms with E-state index in [1.165, 1.54) is 4.90 Å². The van der Waals surface area contributed by atoms with Crippen molar-refractivity contribution in [3.63, 3.8) is 0 Å². The number of hydrogen-bond acceptors (Lipinski definition) is 6. The number of hydrogen-bond donors (Lipinski definition) is 2. The zero-order valence-electron chi connectivity index (χ0n) is 14.5. The summed E-state index contributed by atoms with van der Waals surface area (Å²) in [5, 5.41) is 9.46. The standard InChI is InChI=1S/C17H21N5O4/c1-25-10-8-19-17(24)22-9-7-18-16(23)13(22)11-14-20-15(21-26-14)12-5-3-2-4-6-12/h2-6,13H,7-11H2,1H3,(H,18,23)(H,19,24). The fourth-order valence-electron chi connectivity index (χ4n) is 2.73. The SMILES string of the molecule is COCCNC(=O)N1CCNC(=O)C1Cc1nc(-c2ccccc2)no1. The summed E-state index contributed by atoms with van der Waals surface area (Å²) < 4.78 is 10.2. The van der Waals surface area contributed by atoms with Gasteiger partial charge in [-0.3, -0.25) is 4.79 Å². The van der Waals surface area contributed by atoms with Crippen LogP contribution in [0.2, 0.25) is 0 Å². The zero-order valence-corrected chi connectivity index (χ0v) is 14.5. The van der Waals surface area contributed by atoms with Crippen LogP contribution in [0.1, 0.15) is 5.89 Å². The second-order valence-electron chi connectivity index (χ2n) is 5.81. The first kappa shape index (κ1) is 17.9. The maximum Gasteiger partial charge on any atom is 0.318 e. The van der Waals surface area contributed by atoms with E-state index >= 15 is 0 Å². The molecule has 3 rings (SSSR count). The highest BCUT2D eigenvalue weighted by Gasteiger charge is 2.34. The van der Waals surface area contributed by atoms with E-state index in [1.807, 2.05) is 30.3 Å². The lowest BCUT2D eigenvalue weighted by atomic mass is 10.1. The largest absolute Gasteiger partial charge is 0.383 e. The lowest BCUT2D eigenvalue weighted by Crippen LogP contribution is -2.60. The van der Waals surface area contributed by atoms with Gasteiger partial charge < -0.3 is 24.8 Å². The van der Waals surface area contributed by atoms with Crippen LogP contribution in [0.4, 0.5) is 4.79 Å². The summed E-state index contributed by atoms with van der Waals surface area (Å²) in [6.45, 7) is 1.60. The number of nitrogens with zero attached hydrogens (tertiary/aromatic N) is 3. The number of ether oxygens (including phenoxy) is 1. The van der Waals surface area contributed by atoms with Gasteiger partial charge in [0.2, 0.25) is 17.6 Å². The van der Waals surface area contributed by atoms with Crippen LogP contribution in [0.25, 0.3) is 11.4 Å². The van der Waals surface area contributed by atoms with E-state index in [9.17, 15) is 9.59 Å². The molecule has 2 N–H and O–H groups in total. The van der Waals surface area contributed by atoms with E-state index in [2.05, 4.69) is 20.8 Å². The highest BCUT2D eigenvalue weighted by atomic mass is 16.5. The van der Waals surface area contributed by atoms with Gasteiger partial charge in [0.15, 0.2) is 0 Å². The van der Waals surface area contributed by atoms with Crippen LogP contribution in [-0.2, 0) is 16.0 Å². The number of carbonyl (C=O) groups excluding carboxylic acids is 2. The van der Waals surface area contributed by atoms with Gasteiger partial charge >= 0.3 is 6.03 Å². The molecule has 0 radical (unpaired) electrons. The second kappa shape index (κ2) is 8.43. The summed E-state index contributed by atoms with van der Waals surface area (Å²) >= 11 is 0. The fourth-order valence-corrected chi connectivity index (χ4v) is 2.73. The van der Waals surface area contributed by atoms with E-state index in [-0.39, 0.29) is 18.4 Å². The quantitative estimate of drug-likeness (QED) is 0.724. The summed E-state index contributed by atoms with van der Waals surface area (Å²) in [5.74, 6) is 0.520. The topological polar surface area (TPSA) is 110 Å². The van der Waals surface area contributed by atoms with Crippen molar-refractivity contribution in [2.24, 2.45) is 0 Å². The van der Waals surface area contributed by atoms with Crippen LogP contribution in [0, 0.1) is 0 Å². The average molecular weight is 359 g/mol. The number of rotatable bonds is 6. The number of nitrogens with one attached hydrogen (secondary N) is 2. The van der Waals surface area contributed by atoms with Crippen LogP contribution >= 0.6 is 0 Å². The fraction of sp³-hybridized carbons (Fsp3) is 0.412. The Morgan fingerprint density at radius 3 is 3.00 bits per heavy atom. The number of benzene rings is 1. The predicted octanol–water partition coefficient (Wildman–Crippen LogP) is 0.436. The maximum atomic E-state index is 12.4. The van der Waals surface area contributed by atoms with Gasteiger partial charge in [-0.25, -0.2) is 4.79 Å². The molecular weight excluding hydrogens is 338 g/mol. The van der Waals surface area contributed by atoms with Crippen LogP contribution in [-0.4, -0.2) is 66.4 Å². The van der Waals surface area contributed by atoms with Crippen molar-refractivity contribution in [1.82, 2.24) is 25.7 Å². The summed E-state index contributed by atoms with van der Waals surface area (Å²) in [5.41, 5.74) is 0.824. The van der Waals surface area contributed by atoms with Crippen molar-refractivity contribution in [2.45, 2.75) is 12.5 Å². The van der Waals surface area contributed by atoms with Crippen molar-refractivity contribution in [2.75, 3.05) is 33.4 Å². The smallest absolute Gasteiger partial charge is 0.318 e. The lowest BCUT2D eigenvalue weighted by molar-refractivity contribution is -0.127. The average Bonchev–Trinajstić information content (AvgIpc) is 3.13. The minimum atomic E-state index is -0.699. The molecule has 1 aromatic heterocycles. The molecule has 1 aromatic carbocycles. The van der Waals surface area contributed by atoms with Crippen LogP contribution < -0.4 is 10.6 Å². The third-order valence-electron chi connectivity index (χ3n) is 4.04. The minimum absolute atomic E-state index is 0.156. The minimum Gasteiger partial charge on any atom is -0.383 e. The maximum absolute atomic E-state index is 12.4. The summed E-state index contributed by atoms with van der Waals surface area (Å²) in [7, 11) is 1.56. The molecule has 1 fully saturated rings. The number of urea groups is 1. The zero-order chi connectivity index (χ0) is 18.4. The van der Waals surface area contributed by atoms with Crippen molar-refractivity contribution in [3.05, 3.63) is 36.2 Å². The molecule has 9 heteroatoms. The molecule has 0 saturated carbocycles. The van der Waals surface area contributed by atoms with E-state index in [1.54, 1.807) is 7.11 Å². The molecule has 0 bridgehead atoms. The van der Waals surface area contributed by atoms with E-state index in [0.717, 1.165) is 5.56 Å². The Labute approximate surface area is 150 Å². The normalized spacial score (nSPS) is 17.0. The number of carbonyl (C=O) groups is 2. The first-order chi connectivity index (χ1) is 12.7. The molecule has 138 valence electrons. The van der Waals surface area contributed by atoms with Gasteiger partial charge in [0.05, 0.1) is 13.0 Å². The van der Waals surface area contributed by atoms with Gasteiger partial charge in [-0.05, 0) is 0 Å². The molecule has 26 heavy (non-hydrogen) atoms. The molecule has 3 amide bonds. The number of methoxy groups -OCH3 is 1. The Balaban J connectivity index is 1.70. The molecular formula is C17H21N5O4. The summed E-state index contributed by atoms with van der Waals surface area (Å²) in [4.78, 5) is 30.5. The molecule has 2 aromatic rings. The van der Waals surface area contributed by atoms with Gasteiger partial charge in [-0.15, -0.1) is 0 Å². The molecule has 0 spiro atoms. The highest BCUT2D eigenvalue weighted by Crippen LogP contribution is 2.17. The van der Waals surface area contributed by atoms with Crippen molar-refractivity contribution in [3.8, 4) is 11.4 Å². The van der Waals surface area contributed by atoms with Crippen molar-refractivity contribution in [1.29, 1.82) is 0 Å². The van der Waals surface area contributed by atoms with E-state index in [4.69, 9.17) is 9.26 Å². The highest BCUT2D eigenvalue weighted by molar-refractivity contribution is 5.88. The number of aromatic nitrogens is 2. The van der Waals surface area contributed by atoms with Crippen molar-refractivity contribution >= 4 is 11.9 Å². The monoisotopic (exact) mass is 359 g/mol. The molecule has 1 aliphatic rings. The first-order valence-corrected chi connectivity index (χ1v) is 8.38. The molecule has 1 aliphatic heterocycles. The Bertz CT molecular complexity index is 749. The van der Waals surface area contributed by atoms with Crippen LogP contribution in [0.3, 0.4) is 0 Å². The van der Waals surface area contributed by atoms with E-state index in [0.29, 0.717) is 38.0 Å². The summed E-state index contributed by atoms with van der Waals surface area (Å²) in [6, 6.07) is 8.39. The van der Waals surface area contributed by atoms with Crippen molar-refractivity contribution < 1.29 is 18.8 Å². The van der Waals surface area contributed by atoms with Crippen LogP contribution in [0.15, 0.2) is 34.9 Å². The summed E-state index contributed by atoms with van der Waals surface area (Å²) in [6.07, 6.45) is 0.156. The van der Waals surface area contributed by atoms with Gasteiger partial charge in [0.25, 0.3) is 0 Å². The number of piperazine rings is 1. The van der Waals surface area contributed by atoms with Gasteiger partial charge in [-0.1, -0.05) is 35.5 Å². The predicted molar refractivity (Wildman–Crippen MR) is 92.2 cm³/mol. The Hall–Kier alpha value is -2.94. The van der Waals surface area contributed by atoms with Gasteiger partial charge in [-0.2, -0.15) is 4.98 Å². The lowest BCUT2D eigenvalue weighted by Gasteiger charge is -2.34. The molecule has 2 heterocycles. The third kappa shape index (κ3) is 4.17. The van der Waals surface area contributed by atoms with E-state index < -0.39 is 6.04 Å². The first-order valence-electron chi connectivity index (χ1n) is 8.38.